The lowest BCUT2D eigenvalue weighted by atomic mass is 10.2. The summed E-state index contributed by atoms with van der Waals surface area (Å²) < 4.78 is 12.4. The molecule has 4 rings (SSSR count). The molecule has 0 radical (unpaired) electrons. The number of rotatable bonds is 7. The number of thiophene rings is 1. The molecule has 0 aliphatic heterocycles. The van der Waals surface area contributed by atoms with E-state index < -0.39 is 0 Å². The van der Waals surface area contributed by atoms with Gasteiger partial charge >= 0.3 is 0 Å². The zero-order valence-electron chi connectivity index (χ0n) is 16.7. The van der Waals surface area contributed by atoms with E-state index >= 15 is 0 Å². The summed E-state index contributed by atoms with van der Waals surface area (Å²) in [6, 6.07) is 19.2. The minimum absolute atomic E-state index is 0.249. The fraction of sp³-hybridized carbons (Fsp3) is 0.130. The minimum Gasteiger partial charge on any atom is -0.497 e. The summed E-state index contributed by atoms with van der Waals surface area (Å²) in [5, 5.41) is 9.61. The molecule has 0 saturated carbocycles. The smallest absolute Gasteiger partial charge is 0.259 e. The fourth-order valence-electron chi connectivity index (χ4n) is 3.13. The molecule has 7 heteroatoms. The number of methoxy groups -OCH3 is 2. The number of carbonyl (C=O) groups is 1. The normalized spacial score (nSPS) is 10.6. The molecule has 1 amide bonds. The number of nitrogens with one attached hydrogen (secondary N) is 1. The lowest BCUT2D eigenvalue weighted by Gasteiger charge is -2.11. The number of hydrogen-bond acceptors (Lipinski definition) is 5. The molecule has 2 aromatic carbocycles. The number of amides is 1. The number of hydrogen-bond donors (Lipinski definition) is 1. The molecule has 6 nitrogen and oxygen atoms in total. The van der Waals surface area contributed by atoms with Crippen molar-refractivity contribution in [2.24, 2.45) is 0 Å². The number of ether oxygens (including phenoxy) is 2. The topological polar surface area (TPSA) is 65.4 Å². The Kier molecular flexibility index (Phi) is 5.81. The maximum absolute atomic E-state index is 13.2. The molecule has 4 aromatic rings. The van der Waals surface area contributed by atoms with E-state index in [2.05, 4.69) is 5.32 Å². The van der Waals surface area contributed by atoms with Gasteiger partial charge in [-0.25, -0.2) is 0 Å². The third-order valence-electron chi connectivity index (χ3n) is 4.61. The van der Waals surface area contributed by atoms with E-state index in [-0.39, 0.29) is 5.91 Å². The minimum atomic E-state index is -0.249. The Morgan fingerprint density at radius 3 is 2.60 bits per heavy atom. The summed E-state index contributed by atoms with van der Waals surface area (Å²) in [5.74, 6) is 0.929. The molecular formula is C23H21N3O3S. The summed E-state index contributed by atoms with van der Waals surface area (Å²) in [4.78, 5) is 14.1. The van der Waals surface area contributed by atoms with Crippen LogP contribution in [0.2, 0.25) is 0 Å². The van der Waals surface area contributed by atoms with Crippen LogP contribution < -0.4 is 14.8 Å². The van der Waals surface area contributed by atoms with Crippen molar-refractivity contribution >= 4 is 22.9 Å². The van der Waals surface area contributed by atoms with Crippen LogP contribution in [0.25, 0.3) is 10.6 Å². The summed E-state index contributed by atoms with van der Waals surface area (Å²) in [7, 11) is 3.14. The van der Waals surface area contributed by atoms with Gasteiger partial charge in [-0.15, -0.1) is 11.3 Å². The molecule has 2 aromatic heterocycles. The predicted octanol–water partition coefficient (Wildman–Crippen LogP) is 4.93. The summed E-state index contributed by atoms with van der Waals surface area (Å²) in [6.07, 6.45) is 1.79. The van der Waals surface area contributed by atoms with Crippen molar-refractivity contribution in [3.8, 4) is 22.1 Å². The van der Waals surface area contributed by atoms with Crippen molar-refractivity contribution in [2.75, 3.05) is 19.5 Å². The van der Waals surface area contributed by atoms with Crippen LogP contribution in [0, 0.1) is 0 Å². The Labute approximate surface area is 178 Å². The van der Waals surface area contributed by atoms with Crippen LogP contribution in [0.15, 0.2) is 72.2 Å². The van der Waals surface area contributed by atoms with Gasteiger partial charge in [0.25, 0.3) is 5.91 Å². The molecule has 0 aliphatic carbocycles. The Morgan fingerprint density at radius 2 is 1.90 bits per heavy atom. The van der Waals surface area contributed by atoms with Gasteiger partial charge in [-0.05, 0) is 29.1 Å². The van der Waals surface area contributed by atoms with Crippen LogP contribution in [-0.2, 0) is 6.54 Å². The highest BCUT2D eigenvalue weighted by Crippen LogP contribution is 2.31. The van der Waals surface area contributed by atoms with Gasteiger partial charge in [0.15, 0.2) is 0 Å². The fourth-order valence-corrected chi connectivity index (χ4v) is 3.85. The van der Waals surface area contributed by atoms with Gasteiger partial charge in [-0.2, -0.15) is 5.10 Å². The number of benzene rings is 2. The summed E-state index contributed by atoms with van der Waals surface area (Å²) in [6.45, 7) is 0.582. The quantitative estimate of drug-likeness (QED) is 0.461. The maximum atomic E-state index is 13.2. The van der Waals surface area contributed by atoms with E-state index in [9.17, 15) is 4.79 Å². The number of anilines is 1. The number of nitrogens with zero attached hydrogens (tertiary/aromatic N) is 2. The van der Waals surface area contributed by atoms with Crippen molar-refractivity contribution in [2.45, 2.75) is 6.54 Å². The van der Waals surface area contributed by atoms with Crippen LogP contribution in [0.4, 0.5) is 5.69 Å². The number of aromatic nitrogens is 2. The average Bonchev–Trinajstić information content (AvgIpc) is 3.44. The average molecular weight is 420 g/mol. The largest absolute Gasteiger partial charge is 0.497 e. The van der Waals surface area contributed by atoms with Gasteiger partial charge < -0.3 is 14.8 Å². The zero-order valence-corrected chi connectivity index (χ0v) is 17.5. The Balaban J connectivity index is 1.66. The first-order chi connectivity index (χ1) is 14.7. The molecule has 152 valence electrons. The Morgan fingerprint density at radius 1 is 1.07 bits per heavy atom. The molecule has 0 aliphatic rings. The van der Waals surface area contributed by atoms with E-state index in [1.165, 1.54) is 0 Å². The van der Waals surface area contributed by atoms with Gasteiger partial charge in [-0.3, -0.25) is 9.48 Å². The Hall–Kier alpha value is -3.58. The molecule has 0 fully saturated rings. The SMILES string of the molecule is COc1ccc(NC(=O)c2cn(Cc3ccccc3)nc2-c2cccs2)c(OC)c1. The van der Waals surface area contributed by atoms with Gasteiger partial charge in [0.2, 0.25) is 0 Å². The first-order valence-electron chi connectivity index (χ1n) is 9.36. The molecule has 0 atom stereocenters. The first kappa shape index (κ1) is 19.7. The third-order valence-corrected chi connectivity index (χ3v) is 5.48. The summed E-state index contributed by atoms with van der Waals surface area (Å²) in [5.41, 5.74) is 2.84. The van der Waals surface area contributed by atoms with Gasteiger partial charge in [-0.1, -0.05) is 36.4 Å². The highest BCUT2D eigenvalue weighted by atomic mass is 32.1. The van der Waals surface area contributed by atoms with Gasteiger partial charge in [0.05, 0.1) is 36.9 Å². The lowest BCUT2D eigenvalue weighted by molar-refractivity contribution is 0.102. The summed E-state index contributed by atoms with van der Waals surface area (Å²) >= 11 is 1.55. The van der Waals surface area contributed by atoms with Crippen molar-refractivity contribution < 1.29 is 14.3 Å². The van der Waals surface area contributed by atoms with Crippen molar-refractivity contribution in [3.63, 3.8) is 0 Å². The standard InChI is InChI=1S/C23H21N3O3S/c1-28-17-10-11-19(20(13-17)29-2)24-23(27)18-15-26(14-16-7-4-3-5-8-16)25-22(18)21-9-6-12-30-21/h3-13,15H,14H2,1-2H3,(H,24,27). The van der Waals surface area contributed by atoms with Gasteiger partial charge in [0.1, 0.15) is 17.2 Å². The van der Waals surface area contributed by atoms with Crippen LogP contribution in [0.1, 0.15) is 15.9 Å². The van der Waals surface area contributed by atoms with Crippen molar-refractivity contribution in [3.05, 3.63) is 83.4 Å². The molecule has 0 bridgehead atoms. The van der Waals surface area contributed by atoms with Crippen LogP contribution >= 0.6 is 11.3 Å². The molecule has 0 unspecified atom stereocenters. The van der Waals surface area contributed by atoms with E-state index in [0.717, 1.165) is 10.4 Å². The van der Waals surface area contributed by atoms with E-state index in [4.69, 9.17) is 14.6 Å². The third kappa shape index (κ3) is 4.21. The van der Waals surface area contributed by atoms with Crippen molar-refractivity contribution in [1.82, 2.24) is 9.78 Å². The lowest BCUT2D eigenvalue weighted by Crippen LogP contribution is -2.13. The van der Waals surface area contributed by atoms with Crippen LogP contribution in [0.5, 0.6) is 11.5 Å². The van der Waals surface area contributed by atoms with Gasteiger partial charge in [0, 0.05) is 12.3 Å². The van der Waals surface area contributed by atoms with Crippen molar-refractivity contribution in [1.29, 1.82) is 0 Å². The van der Waals surface area contributed by atoms with Crippen LogP contribution in [-0.4, -0.2) is 29.9 Å². The van der Waals surface area contributed by atoms with Crippen LogP contribution in [0.3, 0.4) is 0 Å². The number of carbonyl (C=O) groups excluding carboxylic acids is 1. The predicted molar refractivity (Wildman–Crippen MR) is 119 cm³/mol. The molecule has 30 heavy (non-hydrogen) atoms. The maximum Gasteiger partial charge on any atom is 0.259 e. The molecule has 0 spiro atoms. The second-order valence-electron chi connectivity index (χ2n) is 6.57. The van der Waals surface area contributed by atoms with E-state index in [1.54, 1.807) is 54.6 Å². The molecule has 0 saturated heterocycles. The molecule has 2 heterocycles. The molecule has 1 N–H and O–H groups in total. The Bertz CT molecular complexity index is 1140. The highest BCUT2D eigenvalue weighted by molar-refractivity contribution is 7.13. The second kappa shape index (κ2) is 8.84. The first-order valence-corrected chi connectivity index (χ1v) is 10.2. The van der Waals surface area contributed by atoms with E-state index in [1.807, 2.05) is 47.8 Å². The van der Waals surface area contributed by atoms with E-state index in [0.29, 0.717) is 35.0 Å². The zero-order chi connectivity index (χ0) is 20.9. The highest BCUT2D eigenvalue weighted by Gasteiger charge is 2.20. The monoisotopic (exact) mass is 419 g/mol. The second-order valence-corrected chi connectivity index (χ2v) is 7.52. The molecular weight excluding hydrogens is 398 g/mol.